The van der Waals surface area contributed by atoms with Gasteiger partial charge in [-0.05, 0) is 66.7 Å². The van der Waals surface area contributed by atoms with E-state index in [4.69, 9.17) is 0 Å². The number of fused-ring (bicyclic) bond motifs is 4. The fraction of sp³-hybridized carbons (Fsp3) is 0.143. The largest absolute Gasteiger partial charge is 0.389 e. The molecule has 2 heteroatoms. The van der Waals surface area contributed by atoms with E-state index in [1.54, 1.807) is 0 Å². The van der Waals surface area contributed by atoms with Crippen LogP contribution in [0.5, 0.6) is 0 Å². The normalized spacial score (nSPS) is 24.3. The van der Waals surface area contributed by atoms with Crippen molar-refractivity contribution in [3.8, 4) is 0 Å². The zero-order valence-corrected chi connectivity index (χ0v) is 16.3. The predicted octanol–water partition coefficient (Wildman–Crippen LogP) is 5.46. The van der Waals surface area contributed by atoms with Gasteiger partial charge in [-0.15, -0.1) is 0 Å². The third-order valence-electron chi connectivity index (χ3n) is 7.23. The summed E-state index contributed by atoms with van der Waals surface area (Å²) >= 11 is 0. The lowest BCUT2D eigenvalue weighted by molar-refractivity contribution is -0.0152. The minimum absolute atomic E-state index is 0.199. The smallest absolute Gasteiger partial charge is 0.0917 e. The number of hydrogen-bond donors (Lipinski definition) is 2. The van der Waals surface area contributed by atoms with Gasteiger partial charge < -0.3 is 10.2 Å². The lowest BCUT2D eigenvalue weighted by Crippen LogP contribution is -2.47. The van der Waals surface area contributed by atoms with Crippen molar-refractivity contribution < 1.29 is 10.2 Å². The second kappa shape index (κ2) is 5.69. The van der Waals surface area contributed by atoms with Gasteiger partial charge >= 0.3 is 0 Å². The molecule has 2 nitrogen and oxygen atoms in total. The first-order valence-electron chi connectivity index (χ1n) is 10.5. The molecule has 3 aliphatic rings. The summed E-state index contributed by atoms with van der Waals surface area (Å²) in [6, 6.07) is 30.1. The van der Waals surface area contributed by atoms with E-state index in [1.165, 1.54) is 32.3 Å². The number of rotatable bonds is 0. The average molecular weight is 388 g/mol. The Morgan fingerprint density at radius 2 is 0.700 bits per heavy atom. The van der Waals surface area contributed by atoms with E-state index in [-0.39, 0.29) is 11.8 Å². The van der Waals surface area contributed by atoms with Gasteiger partial charge in [0.05, 0.1) is 12.2 Å². The molecule has 0 amide bonds. The molecule has 0 saturated carbocycles. The molecule has 0 spiro atoms. The van der Waals surface area contributed by atoms with Crippen LogP contribution in [0.3, 0.4) is 0 Å². The quantitative estimate of drug-likeness (QED) is 0.346. The van der Waals surface area contributed by atoms with E-state index in [9.17, 15) is 10.2 Å². The molecule has 4 atom stereocenters. The van der Waals surface area contributed by atoms with Gasteiger partial charge in [-0.25, -0.2) is 0 Å². The number of hydrogen-bond acceptors (Lipinski definition) is 2. The maximum absolute atomic E-state index is 11.0. The van der Waals surface area contributed by atoms with Crippen LogP contribution < -0.4 is 0 Å². The van der Waals surface area contributed by atoms with Crippen molar-refractivity contribution in [2.24, 2.45) is 0 Å². The monoisotopic (exact) mass is 388 g/mol. The third kappa shape index (κ3) is 2.05. The Balaban J connectivity index is 1.55. The molecule has 0 saturated heterocycles. The lowest BCUT2D eigenvalue weighted by Gasteiger charge is -2.47. The van der Waals surface area contributed by atoms with Crippen molar-refractivity contribution in [1.29, 1.82) is 0 Å². The summed E-state index contributed by atoms with van der Waals surface area (Å²) < 4.78 is 0. The maximum atomic E-state index is 11.0. The minimum atomic E-state index is -0.783. The van der Waals surface area contributed by atoms with Gasteiger partial charge in [0, 0.05) is 11.8 Å². The van der Waals surface area contributed by atoms with Crippen molar-refractivity contribution in [2.45, 2.75) is 24.0 Å². The average Bonchev–Trinajstić information content (AvgIpc) is 2.77. The highest BCUT2D eigenvalue weighted by atomic mass is 16.3. The van der Waals surface area contributed by atoms with Gasteiger partial charge in [0.15, 0.2) is 0 Å². The van der Waals surface area contributed by atoms with Crippen molar-refractivity contribution in [3.05, 3.63) is 107 Å². The maximum Gasteiger partial charge on any atom is 0.0917 e. The van der Waals surface area contributed by atoms with Gasteiger partial charge in [0.2, 0.25) is 0 Å². The number of benzene rings is 5. The first kappa shape index (κ1) is 16.6. The molecular formula is C28H20O2. The summed E-state index contributed by atoms with van der Waals surface area (Å²) in [4.78, 5) is 0. The summed E-state index contributed by atoms with van der Waals surface area (Å²) in [5, 5.41) is 29.2. The minimum Gasteiger partial charge on any atom is -0.389 e. The predicted molar refractivity (Wildman–Crippen MR) is 121 cm³/mol. The third-order valence-corrected chi connectivity index (χ3v) is 7.23. The summed E-state index contributed by atoms with van der Waals surface area (Å²) in [7, 11) is 0. The van der Waals surface area contributed by atoms with Gasteiger partial charge in [0.1, 0.15) is 0 Å². The molecule has 0 fully saturated rings. The zero-order chi connectivity index (χ0) is 20.0. The first-order valence-corrected chi connectivity index (χ1v) is 10.5. The van der Waals surface area contributed by atoms with Crippen LogP contribution in [0, 0.1) is 0 Å². The highest BCUT2D eigenvalue weighted by Gasteiger charge is 2.49. The Labute approximate surface area is 174 Å². The fourth-order valence-electron chi connectivity index (χ4n) is 5.85. The van der Waals surface area contributed by atoms with E-state index < -0.39 is 12.2 Å². The Morgan fingerprint density at radius 3 is 1.07 bits per heavy atom. The van der Waals surface area contributed by atoms with Crippen molar-refractivity contribution in [2.75, 3.05) is 0 Å². The summed E-state index contributed by atoms with van der Waals surface area (Å²) in [6.07, 6.45) is -1.57. The molecule has 0 radical (unpaired) electrons. The SMILES string of the molecule is OC1C2c3cc4ccccc4cc3C(c3cc4cc5ccccc5cc4cc32)C1O. The highest BCUT2D eigenvalue weighted by molar-refractivity contribution is 5.99. The number of aliphatic hydroxyl groups excluding tert-OH is 2. The second-order valence-corrected chi connectivity index (χ2v) is 8.79. The molecule has 2 N–H and O–H groups in total. The summed E-state index contributed by atoms with van der Waals surface area (Å²) in [5.41, 5.74) is 4.63. The van der Waals surface area contributed by atoms with Gasteiger partial charge in [-0.1, -0.05) is 72.8 Å². The molecule has 30 heavy (non-hydrogen) atoms. The Morgan fingerprint density at radius 1 is 0.400 bits per heavy atom. The van der Waals surface area contributed by atoms with Gasteiger partial charge in [-0.2, -0.15) is 0 Å². The molecule has 5 aromatic rings. The number of aliphatic hydroxyl groups is 2. The Bertz CT molecular complexity index is 1390. The summed E-state index contributed by atoms with van der Waals surface area (Å²) in [6.45, 7) is 0. The molecular weight excluding hydrogens is 368 g/mol. The van der Waals surface area contributed by atoms with Crippen molar-refractivity contribution in [3.63, 3.8) is 0 Å². The Kier molecular flexibility index (Phi) is 3.15. The van der Waals surface area contributed by atoms with Gasteiger partial charge in [0.25, 0.3) is 0 Å². The second-order valence-electron chi connectivity index (χ2n) is 8.79. The Hall–Kier alpha value is -3.20. The lowest BCUT2D eigenvalue weighted by atomic mass is 9.60. The molecule has 0 aliphatic heterocycles. The van der Waals surface area contributed by atoms with Crippen LogP contribution in [0.2, 0.25) is 0 Å². The zero-order valence-electron chi connectivity index (χ0n) is 16.3. The standard InChI is InChI=1S/C28H20O2/c29-27-25-21-11-17-7-3-4-8-18(17)12-22(21)26(28(27)30)24-14-20-10-16-6-2-1-5-15(16)9-19(20)13-23(24)25/h1-14,25-30H. The van der Waals surface area contributed by atoms with Crippen LogP contribution in [0.25, 0.3) is 32.3 Å². The molecule has 0 aromatic heterocycles. The van der Waals surface area contributed by atoms with E-state index in [2.05, 4.69) is 72.8 Å². The molecule has 8 rings (SSSR count). The van der Waals surface area contributed by atoms with E-state index in [1.807, 2.05) is 12.1 Å². The molecule has 0 heterocycles. The van der Waals surface area contributed by atoms with Crippen LogP contribution in [0.1, 0.15) is 34.1 Å². The van der Waals surface area contributed by atoms with Crippen LogP contribution in [0.4, 0.5) is 0 Å². The van der Waals surface area contributed by atoms with Crippen LogP contribution in [-0.4, -0.2) is 22.4 Å². The molecule has 2 bridgehead atoms. The van der Waals surface area contributed by atoms with Crippen LogP contribution in [-0.2, 0) is 0 Å². The van der Waals surface area contributed by atoms with E-state index >= 15 is 0 Å². The molecule has 144 valence electrons. The first-order chi connectivity index (χ1) is 14.7. The topological polar surface area (TPSA) is 40.5 Å². The molecule has 5 aromatic carbocycles. The van der Waals surface area contributed by atoms with Crippen LogP contribution in [0.15, 0.2) is 84.9 Å². The van der Waals surface area contributed by atoms with Gasteiger partial charge in [-0.3, -0.25) is 0 Å². The van der Waals surface area contributed by atoms with Crippen molar-refractivity contribution >= 4 is 32.3 Å². The molecule has 3 aliphatic carbocycles. The van der Waals surface area contributed by atoms with Crippen LogP contribution >= 0.6 is 0 Å². The fourth-order valence-corrected chi connectivity index (χ4v) is 5.85. The van der Waals surface area contributed by atoms with E-state index in [0.29, 0.717) is 0 Å². The summed E-state index contributed by atoms with van der Waals surface area (Å²) in [5.74, 6) is -0.397. The highest BCUT2D eigenvalue weighted by Crippen LogP contribution is 2.54. The molecule has 4 unspecified atom stereocenters. The van der Waals surface area contributed by atoms with E-state index in [0.717, 1.165) is 22.3 Å². The van der Waals surface area contributed by atoms with Crippen molar-refractivity contribution in [1.82, 2.24) is 0 Å².